The number of anilines is 1. The van der Waals surface area contributed by atoms with Gasteiger partial charge in [0.25, 0.3) is 0 Å². The Labute approximate surface area is 147 Å². The Morgan fingerprint density at radius 2 is 1.84 bits per heavy atom. The van der Waals surface area contributed by atoms with E-state index >= 15 is 0 Å². The molecule has 0 radical (unpaired) electrons. The van der Waals surface area contributed by atoms with E-state index in [0.717, 1.165) is 44.4 Å². The molecule has 2 aliphatic rings. The van der Waals surface area contributed by atoms with Gasteiger partial charge in [-0.15, -0.1) is 0 Å². The number of ether oxygens (including phenoxy) is 2. The van der Waals surface area contributed by atoms with Gasteiger partial charge in [-0.05, 0) is 18.2 Å². The fourth-order valence-electron chi connectivity index (χ4n) is 3.49. The Morgan fingerprint density at radius 3 is 2.68 bits per heavy atom. The lowest BCUT2D eigenvalue weighted by atomic mass is 10.0. The van der Waals surface area contributed by atoms with E-state index in [2.05, 4.69) is 30.8 Å². The summed E-state index contributed by atoms with van der Waals surface area (Å²) in [7, 11) is 0. The van der Waals surface area contributed by atoms with Gasteiger partial charge in [0.2, 0.25) is 5.95 Å². The third kappa shape index (κ3) is 3.95. The Bertz CT molecular complexity index is 672. The van der Waals surface area contributed by atoms with Crippen molar-refractivity contribution in [2.24, 2.45) is 0 Å². The minimum Gasteiger partial charge on any atom is -0.376 e. The van der Waals surface area contributed by atoms with Gasteiger partial charge in [-0.25, -0.2) is 9.97 Å². The molecule has 2 aromatic heterocycles. The first-order valence-electron chi connectivity index (χ1n) is 8.69. The number of morpholine rings is 1. The Balaban J connectivity index is 1.49. The van der Waals surface area contributed by atoms with Crippen LogP contribution in [0.1, 0.15) is 5.69 Å². The summed E-state index contributed by atoms with van der Waals surface area (Å²) < 4.78 is 12.1. The number of aromatic nitrogens is 3. The predicted molar refractivity (Wildman–Crippen MR) is 93.3 cm³/mol. The zero-order valence-electron chi connectivity index (χ0n) is 14.3. The molecule has 1 atom stereocenters. The molecule has 4 rings (SSSR count). The first-order chi connectivity index (χ1) is 12.3. The molecule has 1 spiro atoms. The second-order valence-electron chi connectivity index (χ2n) is 6.59. The number of hydrogen-bond donors (Lipinski definition) is 0. The first-order valence-corrected chi connectivity index (χ1v) is 8.69. The highest BCUT2D eigenvalue weighted by Crippen LogP contribution is 2.25. The van der Waals surface area contributed by atoms with Gasteiger partial charge >= 0.3 is 0 Å². The minimum atomic E-state index is -0.358. The lowest BCUT2D eigenvalue weighted by Crippen LogP contribution is -2.58. The van der Waals surface area contributed by atoms with E-state index in [4.69, 9.17) is 9.47 Å². The smallest absolute Gasteiger partial charge is 0.225 e. The van der Waals surface area contributed by atoms with Gasteiger partial charge in [0.05, 0.1) is 32.1 Å². The summed E-state index contributed by atoms with van der Waals surface area (Å²) in [5.41, 5.74) is 0.722. The molecule has 2 aliphatic heterocycles. The molecule has 7 nitrogen and oxygen atoms in total. The summed E-state index contributed by atoms with van der Waals surface area (Å²) in [6.07, 6.45) is 5.39. The molecule has 0 bridgehead atoms. The van der Waals surface area contributed by atoms with Crippen molar-refractivity contribution in [1.82, 2.24) is 19.9 Å². The second-order valence-corrected chi connectivity index (χ2v) is 6.59. The van der Waals surface area contributed by atoms with E-state index in [1.165, 1.54) is 0 Å². The van der Waals surface area contributed by atoms with Crippen LogP contribution in [0.4, 0.5) is 5.95 Å². The fourth-order valence-corrected chi connectivity index (χ4v) is 3.49. The fraction of sp³-hybridized carbons (Fsp3) is 0.500. The van der Waals surface area contributed by atoms with Crippen molar-refractivity contribution in [1.29, 1.82) is 0 Å². The van der Waals surface area contributed by atoms with Crippen LogP contribution < -0.4 is 4.90 Å². The Morgan fingerprint density at radius 1 is 0.960 bits per heavy atom. The summed E-state index contributed by atoms with van der Waals surface area (Å²) in [6, 6.07) is 7.87. The van der Waals surface area contributed by atoms with E-state index in [-0.39, 0.29) is 5.60 Å². The largest absolute Gasteiger partial charge is 0.376 e. The summed E-state index contributed by atoms with van der Waals surface area (Å²) in [5.74, 6) is 0.734. The van der Waals surface area contributed by atoms with E-state index in [1.54, 1.807) is 12.4 Å². The monoisotopic (exact) mass is 341 g/mol. The summed E-state index contributed by atoms with van der Waals surface area (Å²) >= 11 is 0. The van der Waals surface area contributed by atoms with Gasteiger partial charge in [0.15, 0.2) is 0 Å². The number of nitrogens with zero attached hydrogens (tertiary/aromatic N) is 5. The van der Waals surface area contributed by atoms with Crippen molar-refractivity contribution in [3.05, 3.63) is 48.5 Å². The molecule has 132 valence electrons. The molecule has 2 saturated heterocycles. The molecule has 2 aromatic rings. The Kier molecular flexibility index (Phi) is 4.87. The molecule has 25 heavy (non-hydrogen) atoms. The van der Waals surface area contributed by atoms with E-state index in [0.29, 0.717) is 19.8 Å². The van der Waals surface area contributed by atoms with Crippen LogP contribution in [0, 0.1) is 0 Å². The van der Waals surface area contributed by atoms with Gasteiger partial charge in [-0.2, -0.15) is 0 Å². The predicted octanol–water partition coefficient (Wildman–Crippen LogP) is 0.979. The van der Waals surface area contributed by atoms with Crippen molar-refractivity contribution in [3.8, 4) is 0 Å². The standard InChI is InChI=1S/C18H23N5O2/c1-2-5-19-16(4-1)12-22-8-11-25-18(13-22)14-23(9-10-24-15-18)17-20-6-3-7-21-17/h1-7H,8-15H2/t18-/m0/s1. The second kappa shape index (κ2) is 7.43. The average molecular weight is 341 g/mol. The highest BCUT2D eigenvalue weighted by Gasteiger charge is 2.40. The molecule has 0 amide bonds. The van der Waals surface area contributed by atoms with E-state index < -0.39 is 0 Å². The molecular weight excluding hydrogens is 318 g/mol. The van der Waals surface area contributed by atoms with Crippen LogP contribution in [-0.4, -0.2) is 71.5 Å². The summed E-state index contributed by atoms with van der Waals surface area (Å²) in [6.45, 7) is 5.99. The zero-order valence-corrected chi connectivity index (χ0v) is 14.3. The molecule has 2 fully saturated rings. The van der Waals surface area contributed by atoms with Gasteiger partial charge < -0.3 is 14.4 Å². The quantitative estimate of drug-likeness (QED) is 0.824. The maximum Gasteiger partial charge on any atom is 0.225 e. The van der Waals surface area contributed by atoms with Crippen molar-refractivity contribution in [3.63, 3.8) is 0 Å². The van der Waals surface area contributed by atoms with Gasteiger partial charge in [-0.1, -0.05) is 6.07 Å². The van der Waals surface area contributed by atoms with Crippen LogP contribution in [0.25, 0.3) is 0 Å². The van der Waals surface area contributed by atoms with Gasteiger partial charge in [0.1, 0.15) is 5.60 Å². The molecule has 4 heterocycles. The maximum absolute atomic E-state index is 6.22. The highest BCUT2D eigenvalue weighted by atomic mass is 16.5. The van der Waals surface area contributed by atoms with Crippen molar-refractivity contribution < 1.29 is 9.47 Å². The Hall–Kier alpha value is -2.09. The zero-order chi connectivity index (χ0) is 17.0. The molecule has 0 saturated carbocycles. The van der Waals surface area contributed by atoms with Crippen LogP contribution in [-0.2, 0) is 16.0 Å². The summed E-state index contributed by atoms with van der Waals surface area (Å²) in [5, 5.41) is 0. The number of pyridine rings is 1. The van der Waals surface area contributed by atoms with Crippen LogP contribution in [0.5, 0.6) is 0 Å². The minimum absolute atomic E-state index is 0.358. The molecule has 0 aromatic carbocycles. The third-order valence-corrected chi connectivity index (χ3v) is 4.62. The topological polar surface area (TPSA) is 63.6 Å². The van der Waals surface area contributed by atoms with Crippen LogP contribution in [0.15, 0.2) is 42.9 Å². The van der Waals surface area contributed by atoms with Gasteiger partial charge in [0, 0.05) is 44.8 Å². The first kappa shape index (κ1) is 16.4. The SMILES string of the molecule is c1ccc(CN2CCO[C@@]3(COCCN(c4ncccn4)C3)C2)nc1. The molecule has 0 N–H and O–H groups in total. The van der Waals surface area contributed by atoms with Crippen LogP contribution in [0.3, 0.4) is 0 Å². The van der Waals surface area contributed by atoms with Crippen molar-refractivity contribution in [2.45, 2.75) is 12.1 Å². The number of hydrogen-bond acceptors (Lipinski definition) is 7. The molecule has 0 aliphatic carbocycles. The maximum atomic E-state index is 6.22. The number of rotatable bonds is 3. The highest BCUT2D eigenvalue weighted by molar-refractivity contribution is 5.30. The normalized spacial score (nSPS) is 25.0. The van der Waals surface area contributed by atoms with Crippen LogP contribution >= 0.6 is 0 Å². The van der Waals surface area contributed by atoms with Crippen molar-refractivity contribution >= 4 is 5.95 Å². The lowest BCUT2D eigenvalue weighted by Gasteiger charge is -2.43. The summed E-state index contributed by atoms with van der Waals surface area (Å²) in [4.78, 5) is 17.8. The lowest BCUT2D eigenvalue weighted by molar-refractivity contribution is -0.134. The molecular formula is C18H23N5O2. The van der Waals surface area contributed by atoms with E-state index in [1.807, 2.05) is 24.4 Å². The average Bonchev–Trinajstić information content (AvgIpc) is 2.86. The van der Waals surface area contributed by atoms with Crippen molar-refractivity contribution in [2.75, 3.05) is 50.9 Å². The van der Waals surface area contributed by atoms with E-state index in [9.17, 15) is 0 Å². The van der Waals surface area contributed by atoms with Gasteiger partial charge in [-0.3, -0.25) is 9.88 Å². The third-order valence-electron chi connectivity index (χ3n) is 4.62. The molecule has 0 unspecified atom stereocenters. The van der Waals surface area contributed by atoms with Crippen LogP contribution in [0.2, 0.25) is 0 Å². The molecule has 7 heteroatoms.